The van der Waals surface area contributed by atoms with Crippen LogP contribution in [0.1, 0.15) is 26.3 Å². The van der Waals surface area contributed by atoms with E-state index in [9.17, 15) is 14.0 Å². The van der Waals surface area contributed by atoms with Crippen LogP contribution in [0.15, 0.2) is 48.5 Å². The van der Waals surface area contributed by atoms with E-state index in [0.29, 0.717) is 37.6 Å². The Morgan fingerprint density at radius 1 is 1.03 bits per heavy atom. The highest BCUT2D eigenvalue weighted by Gasteiger charge is 2.28. The Bertz CT molecular complexity index is 907. The summed E-state index contributed by atoms with van der Waals surface area (Å²) < 4.78 is 19.8. The van der Waals surface area contributed by atoms with Gasteiger partial charge in [-0.15, -0.1) is 5.06 Å². The number of carbonyl (C=O) groups excluding carboxylic acids is 2. The molecule has 1 amide bonds. The first-order valence-electron chi connectivity index (χ1n) is 10.2. The van der Waals surface area contributed by atoms with Crippen molar-refractivity contribution in [2.24, 2.45) is 5.41 Å². The summed E-state index contributed by atoms with van der Waals surface area (Å²) in [4.78, 5) is 31.3. The van der Waals surface area contributed by atoms with E-state index < -0.39 is 17.3 Å². The van der Waals surface area contributed by atoms with Crippen LogP contribution in [0.2, 0.25) is 0 Å². The monoisotopic (exact) mass is 429 g/mol. The van der Waals surface area contributed by atoms with Crippen LogP contribution in [0.25, 0.3) is 0 Å². The highest BCUT2D eigenvalue weighted by molar-refractivity contribution is 5.85. The third kappa shape index (κ3) is 6.42. The third-order valence-electron chi connectivity index (χ3n) is 4.81. The zero-order chi connectivity index (χ0) is 22.4. The number of halogens is 1. The van der Waals surface area contributed by atoms with Crippen LogP contribution in [0.5, 0.6) is 0 Å². The fourth-order valence-corrected chi connectivity index (χ4v) is 2.99. The largest absolute Gasteiger partial charge is 0.444 e. The minimum absolute atomic E-state index is 0.136. The molecule has 0 saturated carbocycles. The quantitative estimate of drug-likeness (QED) is 0.768. The molecule has 1 aliphatic heterocycles. The van der Waals surface area contributed by atoms with Gasteiger partial charge in [0.15, 0.2) is 0 Å². The number of carbonyl (C=O) groups is 2. The van der Waals surface area contributed by atoms with Gasteiger partial charge in [0.1, 0.15) is 12.4 Å². The summed E-state index contributed by atoms with van der Waals surface area (Å²) in [7, 11) is 0. The summed E-state index contributed by atoms with van der Waals surface area (Å²) in [5.41, 5.74) is 1.04. The molecular formula is C23H28FN3O4. The van der Waals surface area contributed by atoms with Crippen LogP contribution in [-0.2, 0) is 21.0 Å². The van der Waals surface area contributed by atoms with E-state index >= 15 is 0 Å². The molecule has 1 fully saturated rings. The van der Waals surface area contributed by atoms with Crippen molar-refractivity contribution in [1.82, 2.24) is 5.06 Å². The van der Waals surface area contributed by atoms with Crippen LogP contribution in [0, 0.1) is 11.2 Å². The Hall–Kier alpha value is -3.13. The van der Waals surface area contributed by atoms with Crippen molar-refractivity contribution in [3.63, 3.8) is 0 Å². The van der Waals surface area contributed by atoms with E-state index in [1.54, 1.807) is 38.0 Å². The van der Waals surface area contributed by atoms with Crippen molar-refractivity contribution in [1.29, 1.82) is 0 Å². The number of rotatable bonds is 5. The summed E-state index contributed by atoms with van der Waals surface area (Å²) in [6.45, 7) is 7.52. The predicted molar refractivity (Wildman–Crippen MR) is 116 cm³/mol. The lowest BCUT2D eigenvalue weighted by molar-refractivity contribution is -0.201. The molecule has 0 atom stereocenters. The maximum absolute atomic E-state index is 14.7. The second kappa shape index (κ2) is 9.78. The van der Waals surface area contributed by atoms with Gasteiger partial charge in [-0.1, -0.05) is 30.3 Å². The van der Waals surface area contributed by atoms with Gasteiger partial charge in [0, 0.05) is 18.8 Å². The second-order valence-corrected chi connectivity index (χ2v) is 8.40. The van der Waals surface area contributed by atoms with Crippen molar-refractivity contribution in [2.45, 2.75) is 27.4 Å². The number of benzene rings is 2. The van der Waals surface area contributed by atoms with Crippen LogP contribution in [-0.4, -0.2) is 43.3 Å². The fraction of sp³-hybridized carbons (Fsp3) is 0.391. The third-order valence-corrected chi connectivity index (χ3v) is 4.81. The lowest BCUT2D eigenvalue weighted by Crippen LogP contribution is -2.48. The molecule has 1 aliphatic rings. The Labute approximate surface area is 181 Å². The van der Waals surface area contributed by atoms with Crippen molar-refractivity contribution in [3.8, 4) is 0 Å². The second-order valence-electron chi connectivity index (χ2n) is 8.40. The number of nitrogens with zero attached hydrogens (tertiary/aromatic N) is 2. The Morgan fingerprint density at radius 2 is 1.71 bits per heavy atom. The molecule has 0 spiro atoms. The van der Waals surface area contributed by atoms with E-state index in [0.717, 1.165) is 5.56 Å². The van der Waals surface area contributed by atoms with Gasteiger partial charge in [0.25, 0.3) is 0 Å². The molecule has 0 aliphatic carbocycles. The molecule has 0 unspecified atom stereocenters. The number of anilines is 2. The van der Waals surface area contributed by atoms with E-state index in [2.05, 4.69) is 5.32 Å². The zero-order valence-electron chi connectivity index (χ0n) is 18.1. The molecule has 3 rings (SSSR count). The number of ether oxygens (including phenoxy) is 1. The van der Waals surface area contributed by atoms with Gasteiger partial charge in [0.05, 0.1) is 24.2 Å². The molecule has 1 N–H and O–H groups in total. The molecule has 0 bridgehead atoms. The first-order chi connectivity index (χ1) is 14.7. The summed E-state index contributed by atoms with van der Waals surface area (Å²) in [6.07, 6.45) is -0.648. The SMILES string of the molecule is CC(C)(C)C(=O)ON1CCN(c2ccc(NC(=O)OCc3ccccc3)cc2F)CC1. The van der Waals surface area contributed by atoms with Crippen molar-refractivity contribution in [2.75, 3.05) is 36.4 Å². The summed E-state index contributed by atoms with van der Waals surface area (Å²) in [6, 6.07) is 13.8. The molecule has 166 valence electrons. The van der Waals surface area contributed by atoms with E-state index in [1.165, 1.54) is 6.07 Å². The van der Waals surface area contributed by atoms with Crippen LogP contribution >= 0.6 is 0 Å². The van der Waals surface area contributed by atoms with Crippen LogP contribution < -0.4 is 10.2 Å². The fourth-order valence-electron chi connectivity index (χ4n) is 2.99. The average Bonchev–Trinajstić information content (AvgIpc) is 2.73. The van der Waals surface area contributed by atoms with Gasteiger partial charge in [-0.2, -0.15) is 0 Å². The number of piperazine rings is 1. The molecule has 0 aromatic heterocycles. The normalized spacial score (nSPS) is 14.8. The Morgan fingerprint density at radius 3 is 2.32 bits per heavy atom. The number of nitrogens with one attached hydrogen (secondary N) is 1. The highest BCUT2D eigenvalue weighted by Crippen LogP contribution is 2.25. The maximum atomic E-state index is 14.7. The number of amides is 1. The molecule has 2 aromatic rings. The molecule has 2 aromatic carbocycles. The standard InChI is InChI=1S/C23H28FN3O4/c1-23(2,3)21(28)31-27-13-11-26(12-14-27)20-10-9-18(15-19(20)24)25-22(29)30-16-17-7-5-4-6-8-17/h4-10,15H,11-14,16H2,1-3H3,(H,25,29). The highest BCUT2D eigenvalue weighted by atomic mass is 19.1. The Balaban J connectivity index is 1.50. The van der Waals surface area contributed by atoms with Crippen molar-refractivity contribution < 1.29 is 23.6 Å². The molecule has 1 heterocycles. The summed E-state index contributed by atoms with van der Waals surface area (Å²) in [5.74, 6) is -0.734. The molecule has 1 saturated heterocycles. The van der Waals surface area contributed by atoms with Crippen LogP contribution in [0.3, 0.4) is 0 Å². The first-order valence-corrected chi connectivity index (χ1v) is 10.2. The van der Waals surface area contributed by atoms with Gasteiger partial charge in [-0.25, -0.2) is 14.0 Å². The van der Waals surface area contributed by atoms with Gasteiger partial charge >= 0.3 is 12.1 Å². The zero-order valence-corrected chi connectivity index (χ0v) is 18.1. The van der Waals surface area contributed by atoms with Crippen molar-refractivity contribution in [3.05, 3.63) is 59.9 Å². The van der Waals surface area contributed by atoms with Gasteiger partial charge in [-0.3, -0.25) is 5.32 Å². The molecular weight excluding hydrogens is 401 g/mol. The van der Waals surface area contributed by atoms with E-state index in [4.69, 9.17) is 9.57 Å². The van der Waals surface area contributed by atoms with Gasteiger partial charge in [-0.05, 0) is 44.5 Å². The molecule has 7 nitrogen and oxygen atoms in total. The van der Waals surface area contributed by atoms with E-state index in [1.807, 2.05) is 35.2 Å². The minimum Gasteiger partial charge on any atom is -0.444 e. The smallest absolute Gasteiger partial charge is 0.411 e. The topological polar surface area (TPSA) is 71.1 Å². The maximum Gasteiger partial charge on any atom is 0.411 e. The predicted octanol–water partition coefficient (Wildman–Crippen LogP) is 4.20. The summed E-state index contributed by atoms with van der Waals surface area (Å²) in [5, 5.41) is 4.15. The molecule has 31 heavy (non-hydrogen) atoms. The van der Waals surface area contributed by atoms with Crippen LogP contribution in [0.4, 0.5) is 20.6 Å². The first kappa shape index (κ1) is 22.6. The molecule has 8 heteroatoms. The van der Waals surface area contributed by atoms with Gasteiger partial charge < -0.3 is 14.5 Å². The number of hydrogen-bond donors (Lipinski definition) is 1. The van der Waals surface area contributed by atoms with E-state index in [-0.39, 0.29) is 12.6 Å². The van der Waals surface area contributed by atoms with Gasteiger partial charge in [0.2, 0.25) is 0 Å². The Kier molecular flexibility index (Phi) is 7.12. The minimum atomic E-state index is -0.648. The summed E-state index contributed by atoms with van der Waals surface area (Å²) >= 11 is 0. The lowest BCUT2D eigenvalue weighted by atomic mass is 9.98. The number of hydroxylamine groups is 2. The molecule has 0 radical (unpaired) electrons. The lowest BCUT2D eigenvalue weighted by Gasteiger charge is -2.35. The number of hydrogen-bond acceptors (Lipinski definition) is 6. The average molecular weight is 429 g/mol. The van der Waals surface area contributed by atoms with Crippen molar-refractivity contribution >= 4 is 23.4 Å².